The Balaban J connectivity index is 1.60. The summed E-state index contributed by atoms with van der Waals surface area (Å²) >= 11 is 1.52. The molecule has 2 fully saturated rings. The Hall–Kier alpha value is -4.18. The lowest BCUT2D eigenvalue weighted by Gasteiger charge is -2.40. The molecule has 2 aliphatic heterocycles. The summed E-state index contributed by atoms with van der Waals surface area (Å²) in [7, 11) is 0. The second-order valence-corrected chi connectivity index (χ2v) is 14.0. The molecule has 0 spiro atoms. The SMILES string of the molecule is CC(=O)Nc1ccc(C2C(C(=O)c3cc(C)sc3C)C(c3ccc4c(c3)OCO4)N(C(=O)C3CCCCC3)C2(C)C(=O)O)cc1. The molecule has 3 aromatic rings. The van der Waals surface area contributed by atoms with Gasteiger partial charge in [-0.1, -0.05) is 37.5 Å². The quantitative estimate of drug-likeness (QED) is 0.281. The second-order valence-electron chi connectivity index (χ2n) is 12.6. The number of aryl methyl sites for hydroxylation is 2. The number of fused-ring (bicyclic) bond motifs is 1. The van der Waals surface area contributed by atoms with E-state index in [2.05, 4.69) is 5.32 Å². The van der Waals surface area contributed by atoms with Crippen molar-refractivity contribution >= 4 is 40.6 Å². The van der Waals surface area contributed by atoms with Gasteiger partial charge >= 0.3 is 5.97 Å². The Morgan fingerprint density at radius 2 is 1.60 bits per heavy atom. The minimum atomic E-state index is -1.77. The van der Waals surface area contributed by atoms with Crippen LogP contribution in [0.1, 0.15) is 89.2 Å². The maximum atomic E-state index is 14.9. The number of carbonyl (C=O) groups excluding carboxylic acids is 3. The molecule has 1 saturated carbocycles. The molecule has 9 nitrogen and oxygen atoms in total. The number of nitrogens with one attached hydrogen (secondary N) is 1. The summed E-state index contributed by atoms with van der Waals surface area (Å²) in [6.07, 6.45) is 4.18. The van der Waals surface area contributed by atoms with Crippen molar-refractivity contribution in [3.63, 3.8) is 0 Å². The fourth-order valence-electron chi connectivity index (χ4n) is 7.59. The zero-order chi connectivity index (χ0) is 32.0. The van der Waals surface area contributed by atoms with Crippen molar-refractivity contribution in [2.45, 2.75) is 77.3 Å². The Bertz CT molecular complexity index is 1660. The van der Waals surface area contributed by atoms with Gasteiger partial charge in [-0.25, -0.2) is 4.79 Å². The van der Waals surface area contributed by atoms with Crippen molar-refractivity contribution in [2.75, 3.05) is 12.1 Å². The molecule has 45 heavy (non-hydrogen) atoms. The highest BCUT2D eigenvalue weighted by atomic mass is 32.1. The zero-order valence-corrected chi connectivity index (χ0v) is 26.7. The molecule has 2 N–H and O–H groups in total. The Labute approximate surface area is 266 Å². The number of rotatable bonds is 7. The van der Waals surface area contributed by atoms with Crippen LogP contribution in [-0.2, 0) is 14.4 Å². The molecule has 1 saturated heterocycles. The number of thiophene rings is 1. The normalized spacial score (nSPS) is 24.4. The zero-order valence-electron chi connectivity index (χ0n) is 25.9. The molecule has 4 unspecified atom stereocenters. The van der Waals surface area contributed by atoms with Gasteiger partial charge in [0.1, 0.15) is 5.54 Å². The summed E-state index contributed by atoms with van der Waals surface area (Å²) in [6.45, 7) is 6.89. The van der Waals surface area contributed by atoms with E-state index >= 15 is 0 Å². The number of anilines is 1. The minimum Gasteiger partial charge on any atom is -0.479 e. The van der Waals surface area contributed by atoms with Crippen LogP contribution in [0.25, 0.3) is 0 Å². The second kappa shape index (κ2) is 12.0. The van der Waals surface area contributed by atoms with E-state index in [-0.39, 0.29) is 30.3 Å². The standard InChI is InChI=1S/C35H38N2O7S/c1-19-16-26(20(2)45-19)32(39)29-30(22-10-13-25(14-11-22)36-21(3)38)35(4,34(41)42)37(33(40)23-8-6-5-7-9-23)31(29)24-12-15-27-28(17-24)44-18-43-27/h10-17,23,29-31H,5-9,18H2,1-4H3,(H,36,38)(H,41,42). The van der Waals surface area contributed by atoms with E-state index < -0.39 is 29.4 Å². The highest BCUT2D eigenvalue weighted by molar-refractivity contribution is 7.12. The van der Waals surface area contributed by atoms with E-state index in [1.54, 1.807) is 43.3 Å². The summed E-state index contributed by atoms with van der Waals surface area (Å²) in [5.74, 6) is -2.99. The van der Waals surface area contributed by atoms with Crippen molar-refractivity contribution in [1.82, 2.24) is 4.90 Å². The average Bonchev–Trinajstić information content (AvgIpc) is 3.70. The predicted molar refractivity (Wildman–Crippen MR) is 170 cm³/mol. The maximum Gasteiger partial charge on any atom is 0.330 e. The monoisotopic (exact) mass is 630 g/mol. The molecular formula is C35H38N2O7S. The Morgan fingerprint density at radius 1 is 0.933 bits per heavy atom. The van der Waals surface area contributed by atoms with Crippen molar-refractivity contribution in [2.24, 2.45) is 11.8 Å². The largest absolute Gasteiger partial charge is 0.479 e. The van der Waals surface area contributed by atoms with Gasteiger partial charge in [0.2, 0.25) is 18.6 Å². The van der Waals surface area contributed by atoms with Crippen LogP contribution in [0.5, 0.6) is 11.5 Å². The lowest BCUT2D eigenvalue weighted by atomic mass is 9.71. The molecule has 2 aromatic carbocycles. The first-order chi connectivity index (χ1) is 21.5. The van der Waals surface area contributed by atoms with E-state index in [4.69, 9.17) is 9.47 Å². The van der Waals surface area contributed by atoms with Crippen LogP contribution in [0, 0.1) is 25.7 Å². The van der Waals surface area contributed by atoms with E-state index in [0.29, 0.717) is 46.7 Å². The van der Waals surface area contributed by atoms with Crippen LogP contribution < -0.4 is 14.8 Å². The molecule has 3 heterocycles. The number of likely N-dealkylation sites (tertiary alicyclic amines) is 1. The number of ether oxygens (including phenoxy) is 2. The smallest absolute Gasteiger partial charge is 0.330 e. The van der Waals surface area contributed by atoms with Gasteiger partial charge in [0.15, 0.2) is 17.3 Å². The highest BCUT2D eigenvalue weighted by Gasteiger charge is 2.65. The lowest BCUT2D eigenvalue weighted by molar-refractivity contribution is -0.160. The van der Waals surface area contributed by atoms with E-state index in [0.717, 1.165) is 29.0 Å². The molecule has 1 aromatic heterocycles. The van der Waals surface area contributed by atoms with Crippen molar-refractivity contribution in [3.8, 4) is 11.5 Å². The van der Waals surface area contributed by atoms with E-state index in [9.17, 15) is 24.3 Å². The molecule has 236 valence electrons. The molecule has 4 atom stereocenters. The van der Waals surface area contributed by atoms with Gasteiger partial charge in [0.05, 0.1) is 12.0 Å². The first-order valence-corrected chi connectivity index (χ1v) is 16.3. The van der Waals surface area contributed by atoms with Gasteiger partial charge < -0.3 is 24.8 Å². The highest BCUT2D eigenvalue weighted by Crippen LogP contribution is 2.58. The van der Waals surface area contributed by atoms with Gasteiger partial charge in [-0.2, -0.15) is 0 Å². The molecular weight excluding hydrogens is 592 g/mol. The Kier molecular flexibility index (Phi) is 8.20. The van der Waals surface area contributed by atoms with Crippen LogP contribution >= 0.6 is 11.3 Å². The number of carboxylic acids is 1. The summed E-state index contributed by atoms with van der Waals surface area (Å²) in [5, 5.41) is 13.9. The van der Waals surface area contributed by atoms with Gasteiger partial charge in [-0.05, 0) is 75.1 Å². The molecule has 10 heteroatoms. The number of amides is 2. The Morgan fingerprint density at radius 3 is 2.22 bits per heavy atom. The molecule has 1 aliphatic carbocycles. The lowest BCUT2D eigenvalue weighted by Crippen LogP contribution is -2.55. The molecule has 2 amide bonds. The van der Waals surface area contributed by atoms with Crippen LogP contribution in [0.15, 0.2) is 48.5 Å². The fourth-order valence-corrected chi connectivity index (χ4v) is 8.52. The third kappa shape index (κ3) is 5.39. The van der Waals surface area contributed by atoms with Crippen molar-refractivity contribution in [3.05, 3.63) is 75.0 Å². The number of carbonyl (C=O) groups is 4. The topological polar surface area (TPSA) is 122 Å². The van der Waals surface area contributed by atoms with Crippen molar-refractivity contribution in [1.29, 1.82) is 0 Å². The van der Waals surface area contributed by atoms with Crippen LogP contribution in [0.2, 0.25) is 0 Å². The number of hydrogen-bond donors (Lipinski definition) is 2. The van der Waals surface area contributed by atoms with Crippen LogP contribution in [0.3, 0.4) is 0 Å². The molecule has 3 aliphatic rings. The minimum absolute atomic E-state index is 0.0556. The molecule has 0 radical (unpaired) electrons. The maximum absolute atomic E-state index is 14.9. The summed E-state index contributed by atoms with van der Waals surface area (Å²) in [6, 6.07) is 13.3. The third-order valence-corrected chi connectivity index (χ3v) is 10.6. The molecule has 0 bridgehead atoms. The van der Waals surface area contributed by atoms with Crippen LogP contribution in [-0.4, -0.2) is 45.9 Å². The van der Waals surface area contributed by atoms with Gasteiger partial charge in [0, 0.05) is 39.8 Å². The van der Waals surface area contributed by atoms with Crippen molar-refractivity contribution < 1.29 is 33.8 Å². The predicted octanol–water partition coefficient (Wildman–Crippen LogP) is 6.64. The van der Waals surface area contributed by atoms with Gasteiger partial charge in [-0.15, -0.1) is 11.3 Å². The first kappa shape index (κ1) is 30.8. The average molecular weight is 631 g/mol. The summed E-state index contributed by atoms with van der Waals surface area (Å²) in [5.41, 5.74) is 0.534. The molecule has 6 rings (SSSR count). The number of hydrogen-bond acceptors (Lipinski definition) is 7. The van der Waals surface area contributed by atoms with Gasteiger partial charge in [-0.3, -0.25) is 14.4 Å². The van der Waals surface area contributed by atoms with E-state index in [1.165, 1.54) is 23.2 Å². The fraction of sp³-hybridized carbons (Fsp3) is 0.429. The number of aliphatic carboxylic acids is 1. The summed E-state index contributed by atoms with van der Waals surface area (Å²) < 4.78 is 11.3. The van der Waals surface area contributed by atoms with E-state index in [1.807, 2.05) is 26.0 Å². The third-order valence-electron chi connectivity index (χ3n) is 9.65. The first-order valence-electron chi connectivity index (χ1n) is 15.5. The van der Waals surface area contributed by atoms with Gasteiger partial charge in [0.25, 0.3) is 0 Å². The summed E-state index contributed by atoms with van der Waals surface area (Å²) in [4.78, 5) is 58.3. The number of Topliss-reactive ketones (excluding diaryl/α,β-unsaturated/α-hetero) is 1. The number of ketones is 1. The number of nitrogens with zero attached hydrogens (tertiary/aromatic N) is 1. The number of benzene rings is 2. The van der Waals surface area contributed by atoms with Crippen LogP contribution in [0.4, 0.5) is 5.69 Å². The number of carboxylic acid groups (broad SMARTS) is 1.